The van der Waals surface area contributed by atoms with Crippen LogP contribution in [0.25, 0.3) is 10.8 Å². The molecule has 0 aromatic heterocycles. The van der Waals surface area contributed by atoms with Crippen LogP contribution < -0.4 is 9.46 Å². The molecule has 0 aliphatic rings. The van der Waals surface area contributed by atoms with Crippen LogP contribution in [-0.4, -0.2) is 11.3 Å². The monoisotopic (exact) mass is 297 g/mol. The van der Waals surface area contributed by atoms with E-state index in [1.165, 1.54) is 0 Å². The van der Waals surface area contributed by atoms with Crippen LogP contribution in [0.2, 0.25) is 0 Å². The highest BCUT2D eigenvalue weighted by atomic mass is 32.2. The summed E-state index contributed by atoms with van der Waals surface area (Å²) in [7, 11) is 0.195. The highest BCUT2D eigenvalue weighted by Gasteiger charge is 2.15. The zero-order valence-electron chi connectivity index (χ0n) is 11.6. The number of para-hydroxylation sites is 1. The summed E-state index contributed by atoms with van der Waals surface area (Å²) in [5.74, 6) is 0.621. The molecule has 3 aromatic rings. The smallest absolute Gasteiger partial charge is 0.154 e. The second-order valence-electron chi connectivity index (χ2n) is 4.55. The van der Waals surface area contributed by atoms with Gasteiger partial charge >= 0.3 is 0 Å². The molecular weight excluding hydrogens is 282 g/mol. The van der Waals surface area contributed by atoms with Crippen molar-refractivity contribution in [3.8, 4) is 5.75 Å². The van der Waals surface area contributed by atoms with Gasteiger partial charge in [-0.3, -0.25) is 0 Å². The lowest BCUT2D eigenvalue weighted by atomic mass is 10.1. The molecule has 1 N–H and O–H groups in total. The van der Waals surface area contributed by atoms with E-state index in [-0.39, 0.29) is 0 Å². The average Bonchev–Trinajstić information content (AvgIpc) is 2.54. The van der Waals surface area contributed by atoms with E-state index in [0.717, 1.165) is 16.5 Å². The van der Waals surface area contributed by atoms with Gasteiger partial charge in [0.2, 0.25) is 0 Å². The van der Waals surface area contributed by atoms with Crippen molar-refractivity contribution in [2.45, 2.75) is 4.90 Å². The second kappa shape index (κ2) is 5.97. The minimum atomic E-state index is -1.40. The number of rotatable bonds is 4. The summed E-state index contributed by atoms with van der Waals surface area (Å²) in [5.41, 5.74) is 0.811. The third-order valence-corrected chi connectivity index (χ3v) is 4.45. The molecule has 3 nitrogen and oxygen atoms in total. The molecule has 3 rings (SSSR count). The lowest BCUT2D eigenvalue weighted by Gasteiger charge is -2.13. The maximum Gasteiger partial charge on any atom is 0.154 e. The predicted octanol–water partition coefficient (Wildman–Crippen LogP) is 3.98. The minimum absolute atomic E-state index is 0.621. The molecule has 0 bridgehead atoms. The Bertz CT molecular complexity index is 787. The first-order valence-corrected chi connectivity index (χ1v) is 7.74. The van der Waals surface area contributed by atoms with Crippen molar-refractivity contribution < 1.29 is 8.95 Å². The number of benzene rings is 3. The highest BCUT2D eigenvalue weighted by molar-refractivity contribution is 7.86. The van der Waals surface area contributed by atoms with E-state index in [0.29, 0.717) is 10.6 Å². The number of methoxy groups -OCH3 is 1. The molecule has 0 unspecified atom stereocenters. The fourth-order valence-corrected chi connectivity index (χ4v) is 3.41. The standard InChI is InChI=1S/C17H15NO2S/c1-20-16-12-11-13-7-5-6-10-15(13)17(16)21(19)18-14-8-3-2-4-9-14/h2-12,18H,1H3/t21-/m0/s1. The van der Waals surface area contributed by atoms with Crippen molar-refractivity contribution in [1.29, 1.82) is 0 Å². The van der Waals surface area contributed by atoms with Crippen LogP contribution in [0.5, 0.6) is 5.75 Å². The van der Waals surface area contributed by atoms with E-state index >= 15 is 0 Å². The van der Waals surface area contributed by atoms with Gasteiger partial charge in [0, 0.05) is 11.1 Å². The molecule has 106 valence electrons. The molecule has 0 saturated carbocycles. The third-order valence-electron chi connectivity index (χ3n) is 3.23. The fourth-order valence-electron chi connectivity index (χ4n) is 2.24. The molecule has 1 atom stereocenters. The minimum Gasteiger partial charge on any atom is -0.495 e. The van der Waals surface area contributed by atoms with Crippen molar-refractivity contribution in [3.63, 3.8) is 0 Å². The van der Waals surface area contributed by atoms with E-state index in [1.54, 1.807) is 7.11 Å². The van der Waals surface area contributed by atoms with Crippen LogP contribution in [-0.2, 0) is 11.0 Å². The molecule has 0 saturated heterocycles. The van der Waals surface area contributed by atoms with Gasteiger partial charge in [0.25, 0.3) is 0 Å². The van der Waals surface area contributed by atoms with Gasteiger partial charge in [-0.25, -0.2) is 4.21 Å². The predicted molar refractivity (Wildman–Crippen MR) is 87.0 cm³/mol. The molecule has 3 aromatic carbocycles. The molecule has 0 aliphatic heterocycles. The van der Waals surface area contributed by atoms with Crippen LogP contribution in [0.1, 0.15) is 0 Å². The Hall–Kier alpha value is -2.33. The van der Waals surface area contributed by atoms with E-state index in [2.05, 4.69) is 4.72 Å². The zero-order chi connectivity index (χ0) is 14.7. The van der Waals surface area contributed by atoms with Crippen LogP contribution in [0.4, 0.5) is 5.69 Å². The number of hydrogen-bond donors (Lipinski definition) is 1. The van der Waals surface area contributed by atoms with Gasteiger partial charge in [0.1, 0.15) is 10.6 Å². The summed E-state index contributed by atoms with van der Waals surface area (Å²) >= 11 is 0. The molecule has 0 spiro atoms. The molecule has 0 radical (unpaired) electrons. The Labute approximate surface area is 126 Å². The van der Waals surface area contributed by atoms with Gasteiger partial charge in [0.05, 0.1) is 7.11 Å². The van der Waals surface area contributed by atoms with E-state index in [4.69, 9.17) is 4.74 Å². The number of fused-ring (bicyclic) bond motifs is 1. The molecular formula is C17H15NO2S. The van der Waals surface area contributed by atoms with E-state index < -0.39 is 11.0 Å². The largest absolute Gasteiger partial charge is 0.495 e. The summed E-state index contributed by atoms with van der Waals surface area (Å²) in [6.07, 6.45) is 0. The van der Waals surface area contributed by atoms with Gasteiger partial charge < -0.3 is 9.46 Å². The molecule has 21 heavy (non-hydrogen) atoms. The molecule has 0 aliphatic carbocycles. The number of anilines is 1. The van der Waals surface area contributed by atoms with Crippen molar-refractivity contribution in [2.24, 2.45) is 0 Å². The summed E-state index contributed by atoms with van der Waals surface area (Å²) in [4.78, 5) is 0.666. The Kier molecular flexibility index (Phi) is 3.88. The fraction of sp³-hybridized carbons (Fsp3) is 0.0588. The van der Waals surface area contributed by atoms with Gasteiger partial charge in [-0.15, -0.1) is 0 Å². The van der Waals surface area contributed by atoms with Crippen LogP contribution in [0.3, 0.4) is 0 Å². The van der Waals surface area contributed by atoms with Gasteiger partial charge in [-0.1, -0.05) is 48.5 Å². The lowest BCUT2D eigenvalue weighted by molar-refractivity contribution is 0.405. The van der Waals surface area contributed by atoms with E-state index in [1.807, 2.05) is 66.7 Å². The first-order chi connectivity index (χ1) is 10.3. The zero-order valence-corrected chi connectivity index (χ0v) is 12.4. The summed E-state index contributed by atoms with van der Waals surface area (Å²) in [5, 5.41) is 1.97. The van der Waals surface area contributed by atoms with Gasteiger partial charge in [-0.05, 0) is 23.6 Å². The molecule has 4 heteroatoms. The molecule has 0 amide bonds. The molecule has 0 fully saturated rings. The maximum absolute atomic E-state index is 12.7. The normalized spacial score (nSPS) is 12.0. The van der Waals surface area contributed by atoms with Crippen molar-refractivity contribution in [3.05, 3.63) is 66.7 Å². The Morgan fingerprint density at radius 3 is 2.38 bits per heavy atom. The average molecular weight is 297 g/mol. The number of ether oxygens (including phenoxy) is 1. The Morgan fingerprint density at radius 1 is 0.905 bits per heavy atom. The Balaban J connectivity index is 2.07. The third kappa shape index (κ3) is 2.76. The summed E-state index contributed by atoms with van der Waals surface area (Å²) in [6, 6.07) is 21.2. The first kappa shape index (κ1) is 13.6. The first-order valence-electron chi connectivity index (χ1n) is 6.59. The topological polar surface area (TPSA) is 38.3 Å². The Morgan fingerprint density at radius 2 is 1.62 bits per heavy atom. The second-order valence-corrected chi connectivity index (χ2v) is 5.70. The van der Waals surface area contributed by atoms with Crippen molar-refractivity contribution in [1.82, 2.24) is 0 Å². The summed E-state index contributed by atoms with van der Waals surface area (Å²) < 4.78 is 21.1. The quantitative estimate of drug-likeness (QED) is 0.791. The van der Waals surface area contributed by atoms with Crippen molar-refractivity contribution in [2.75, 3.05) is 11.8 Å². The van der Waals surface area contributed by atoms with Gasteiger partial charge in [0.15, 0.2) is 11.0 Å². The van der Waals surface area contributed by atoms with E-state index in [9.17, 15) is 4.21 Å². The van der Waals surface area contributed by atoms with Crippen LogP contribution >= 0.6 is 0 Å². The molecule has 0 heterocycles. The maximum atomic E-state index is 12.7. The number of nitrogens with one attached hydrogen (secondary N) is 1. The number of hydrogen-bond acceptors (Lipinski definition) is 2. The van der Waals surface area contributed by atoms with Crippen molar-refractivity contribution >= 4 is 27.4 Å². The lowest BCUT2D eigenvalue weighted by Crippen LogP contribution is -2.07. The summed E-state index contributed by atoms with van der Waals surface area (Å²) in [6.45, 7) is 0. The highest BCUT2D eigenvalue weighted by Crippen LogP contribution is 2.31. The van der Waals surface area contributed by atoms with Crippen LogP contribution in [0, 0.1) is 0 Å². The SMILES string of the molecule is COc1ccc2ccccc2c1[S@](=O)Nc1ccccc1. The van der Waals surface area contributed by atoms with Crippen LogP contribution in [0.15, 0.2) is 71.6 Å². The van der Waals surface area contributed by atoms with Gasteiger partial charge in [-0.2, -0.15) is 0 Å².